The second kappa shape index (κ2) is 5.97. The molecule has 2 rings (SSSR count). The van der Waals surface area contributed by atoms with E-state index in [2.05, 4.69) is 11.8 Å². The number of ether oxygens (including phenoxy) is 2. The third-order valence-corrected chi connectivity index (χ3v) is 2.87. The van der Waals surface area contributed by atoms with Crippen molar-refractivity contribution >= 4 is 0 Å². The van der Waals surface area contributed by atoms with E-state index in [1.165, 1.54) is 0 Å². The summed E-state index contributed by atoms with van der Waals surface area (Å²) in [4.78, 5) is 0. The van der Waals surface area contributed by atoms with Crippen LogP contribution in [-0.4, -0.2) is 14.2 Å². The van der Waals surface area contributed by atoms with Crippen LogP contribution in [-0.2, 0) is 0 Å². The molecule has 0 radical (unpaired) electrons. The summed E-state index contributed by atoms with van der Waals surface area (Å²) in [6.45, 7) is 2.02. The lowest BCUT2D eigenvalue weighted by Gasteiger charge is -2.03. The van der Waals surface area contributed by atoms with Gasteiger partial charge in [-0.3, -0.25) is 0 Å². The van der Waals surface area contributed by atoms with Crippen LogP contribution < -0.4 is 9.47 Å². The van der Waals surface area contributed by atoms with Gasteiger partial charge in [-0.05, 0) is 42.8 Å². The molecule has 0 aliphatic heterocycles. The summed E-state index contributed by atoms with van der Waals surface area (Å²) in [7, 11) is 3.31. The molecule has 96 valence electrons. The zero-order valence-electron chi connectivity index (χ0n) is 11.4. The van der Waals surface area contributed by atoms with Crippen molar-refractivity contribution in [1.82, 2.24) is 0 Å². The molecule has 0 heterocycles. The topological polar surface area (TPSA) is 18.5 Å². The smallest absolute Gasteiger partial charge is 0.134 e. The minimum absolute atomic E-state index is 0.793. The third kappa shape index (κ3) is 3.08. The Bertz CT molecular complexity index is 633. The standard InChI is InChI=1S/C17H16O2/c1-13-12-16(18-2)11-10-14(13)8-9-15-6-4-5-7-17(15)19-3/h4-7,10-12H,1-3H3. The second-order valence-corrected chi connectivity index (χ2v) is 4.13. The first-order valence-corrected chi connectivity index (χ1v) is 6.04. The van der Waals surface area contributed by atoms with E-state index in [0.717, 1.165) is 28.2 Å². The van der Waals surface area contributed by atoms with Crippen molar-refractivity contribution in [3.63, 3.8) is 0 Å². The molecule has 0 amide bonds. The Hall–Kier alpha value is -2.40. The Kier molecular flexibility index (Phi) is 4.10. The molecule has 0 aliphatic carbocycles. The maximum absolute atomic E-state index is 5.28. The summed E-state index contributed by atoms with van der Waals surface area (Å²) in [6.07, 6.45) is 0. The average Bonchev–Trinajstić information content (AvgIpc) is 2.46. The highest BCUT2D eigenvalue weighted by Crippen LogP contribution is 2.18. The van der Waals surface area contributed by atoms with Crippen LogP contribution >= 0.6 is 0 Å². The summed E-state index contributed by atoms with van der Waals surface area (Å²) >= 11 is 0. The van der Waals surface area contributed by atoms with E-state index in [4.69, 9.17) is 9.47 Å². The molecule has 2 aromatic rings. The lowest BCUT2D eigenvalue weighted by Crippen LogP contribution is -1.88. The largest absolute Gasteiger partial charge is 0.497 e. The molecule has 19 heavy (non-hydrogen) atoms. The molecule has 0 unspecified atom stereocenters. The number of benzene rings is 2. The third-order valence-electron chi connectivity index (χ3n) is 2.87. The first-order valence-electron chi connectivity index (χ1n) is 6.04. The Morgan fingerprint density at radius 1 is 0.842 bits per heavy atom. The lowest BCUT2D eigenvalue weighted by atomic mass is 10.1. The Labute approximate surface area is 114 Å². The van der Waals surface area contributed by atoms with E-state index >= 15 is 0 Å². The molecule has 0 spiro atoms. The fourth-order valence-corrected chi connectivity index (χ4v) is 1.79. The number of para-hydroxylation sites is 1. The molecular weight excluding hydrogens is 236 g/mol. The Morgan fingerprint density at radius 2 is 1.58 bits per heavy atom. The highest BCUT2D eigenvalue weighted by molar-refractivity contribution is 5.52. The SMILES string of the molecule is COc1ccc(C#Cc2ccccc2OC)c(C)c1. The van der Waals surface area contributed by atoms with Crippen molar-refractivity contribution in [2.24, 2.45) is 0 Å². The van der Waals surface area contributed by atoms with Crippen LogP contribution in [0.3, 0.4) is 0 Å². The van der Waals surface area contributed by atoms with E-state index in [1.807, 2.05) is 49.4 Å². The monoisotopic (exact) mass is 252 g/mol. The maximum Gasteiger partial charge on any atom is 0.134 e. The molecule has 0 bridgehead atoms. The fourth-order valence-electron chi connectivity index (χ4n) is 1.79. The molecular formula is C17H16O2. The summed E-state index contributed by atoms with van der Waals surface area (Å²) in [5, 5.41) is 0. The molecule has 0 saturated heterocycles. The van der Waals surface area contributed by atoms with Gasteiger partial charge in [0.05, 0.1) is 19.8 Å². The van der Waals surface area contributed by atoms with Crippen LogP contribution in [0.5, 0.6) is 11.5 Å². The number of aryl methyl sites for hydroxylation is 1. The zero-order valence-corrected chi connectivity index (χ0v) is 11.4. The van der Waals surface area contributed by atoms with E-state index in [9.17, 15) is 0 Å². The second-order valence-electron chi connectivity index (χ2n) is 4.13. The minimum Gasteiger partial charge on any atom is -0.497 e. The maximum atomic E-state index is 5.28. The summed E-state index contributed by atoms with van der Waals surface area (Å²) < 4.78 is 10.5. The Balaban J connectivity index is 2.34. The predicted molar refractivity (Wildman–Crippen MR) is 76.7 cm³/mol. The molecule has 2 aromatic carbocycles. The van der Waals surface area contributed by atoms with Gasteiger partial charge in [-0.15, -0.1) is 0 Å². The van der Waals surface area contributed by atoms with Crippen molar-refractivity contribution < 1.29 is 9.47 Å². The molecule has 0 saturated carbocycles. The number of hydrogen-bond acceptors (Lipinski definition) is 2. The van der Waals surface area contributed by atoms with Crippen molar-refractivity contribution in [3.05, 3.63) is 59.2 Å². The lowest BCUT2D eigenvalue weighted by molar-refractivity contribution is 0.413. The van der Waals surface area contributed by atoms with Gasteiger partial charge in [0.1, 0.15) is 11.5 Å². The van der Waals surface area contributed by atoms with Gasteiger partial charge >= 0.3 is 0 Å². The van der Waals surface area contributed by atoms with Crippen LogP contribution in [0.15, 0.2) is 42.5 Å². The van der Waals surface area contributed by atoms with Crippen LogP contribution in [0.2, 0.25) is 0 Å². The van der Waals surface area contributed by atoms with Crippen LogP contribution in [0.1, 0.15) is 16.7 Å². The van der Waals surface area contributed by atoms with E-state index in [0.29, 0.717) is 0 Å². The van der Waals surface area contributed by atoms with Gasteiger partial charge in [0.2, 0.25) is 0 Å². The molecule has 0 atom stereocenters. The molecule has 0 aromatic heterocycles. The molecule has 0 aliphatic rings. The van der Waals surface area contributed by atoms with Gasteiger partial charge in [0.15, 0.2) is 0 Å². The summed E-state index contributed by atoms with van der Waals surface area (Å²) in [5.41, 5.74) is 2.98. The molecule has 0 fully saturated rings. The van der Waals surface area contributed by atoms with E-state index in [-0.39, 0.29) is 0 Å². The molecule has 2 heteroatoms. The first-order chi connectivity index (χ1) is 9.24. The Morgan fingerprint density at radius 3 is 2.26 bits per heavy atom. The fraction of sp³-hybridized carbons (Fsp3) is 0.176. The van der Waals surface area contributed by atoms with Gasteiger partial charge in [-0.25, -0.2) is 0 Å². The van der Waals surface area contributed by atoms with Crippen molar-refractivity contribution in [2.45, 2.75) is 6.92 Å². The van der Waals surface area contributed by atoms with Crippen LogP contribution in [0.25, 0.3) is 0 Å². The van der Waals surface area contributed by atoms with Crippen molar-refractivity contribution in [1.29, 1.82) is 0 Å². The normalized spacial score (nSPS) is 9.42. The number of methoxy groups -OCH3 is 2. The van der Waals surface area contributed by atoms with Gasteiger partial charge in [0, 0.05) is 5.56 Å². The van der Waals surface area contributed by atoms with Gasteiger partial charge in [0.25, 0.3) is 0 Å². The highest BCUT2D eigenvalue weighted by atomic mass is 16.5. The van der Waals surface area contributed by atoms with Crippen molar-refractivity contribution in [3.8, 4) is 23.3 Å². The predicted octanol–water partition coefficient (Wildman–Crippen LogP) is 3.41. The van der Waals surface area contributed by atoms with Gasteiger partial charge in [-0.2, -0.15) is 0 Å². The van der Waals surface area contributed by atoms with Gasteiger partial charge < -0.3 is 9.47 Å². The van der Waals surface area contributed by atoms with Crippen LogP contribution in [0.4, 0.5) is 0 Å². The van der Waals surface area contributed by atoms with E-state index < -0.39 is 0 Å². The van der Waals surface area contributed by atoms with Crippen molar-refractivity contribution in [2.75, 3.05) is 14.2 Å². The summed E-state index contributed by atoms with van der Waals surface area (Å²) in [6, 6.07) is 13.6. The zero-order chi connectivity index (χ0) is 13.7. The first kappa shape index (κ1) is 13.0. The molecule has 2 nitrogen and oxygen atoms in total. The molecule has 0 N–H and O–H groups in total. The quantitative estimate of drug-likeness (QED) is 0.762. The minimum atomic E-state index is 0.793. The van der Waals surface area contributed by atoms with E-state index in [1.54, 1.807) is 14.2 Å². The van der Waals surface area contributed by atoms with Crippen LogP contribution in [0, 0.1) is 18.8 Å². The summed E-state index contributed by atoms with van der Waals surface area (Å²) in [5.74, 6) is 7.95. The number of rotatable bonds is 2. The average molecular weight is 252 g/mol. The van der Waals surface area contributed by atoms with Gasteiger partial charge in [-0.1, -0.05) is 24.0 Å². The number of hydrogen-bond donors (Lipinski definition) is 0. The highest BCUT2D eigenvalue weighted by Gasteiger charge is 1.99.